The zero-order chi connectivity index (χ0) is 21.7. The van der Waals surface area contributed by atoms with E-state index in [9.17, 15) is 14.4 Å². The molecular formula is C24H28N2O4. The van der Waals surface area contributed by atoms with Crippen molar-refractivity contribution in [3.05, 3.63) is 65.2 Å². The Morgan fingerprint density at radius 1 is 1.17 bits per heavy atom. The summed E-state index contributed by atoms with van der Waals surface area (Å²) in [5.41, 5.74) is 3.77. The first-order chi connectivity index (χ1) is 14.4. The molecule has 1 saturated heterocycles. The molecule has 0 aliphatic carbocycles. The summed E-state index contributed by atoms with van der Waals surface area (Å²) in [5, 5.41) is 2.84. The molecule has 158 valence electrons. The van der Waals surface area contributed by atoms with Crippen LogP contribution in [-0.4, -0.2) is 35.8 Å². The Labute approximate surface area is 177 Å². The van der Waals surface area contributed by atoms with Crippen molar-refractivity contribution in [2.75, 3.05) is 18.5 Å². The first kappa shape index (κ1) is 21.6. The number of carbonyl (C=O) groups excluding carboxylic acids is 3. The summed E-state index contributed by atoms with van der Waals surface area (Å²) in [6, 6.07) is 15.4. The molecule has 3 rings (SSSR count). The second-order valence-electron chi connectivity index (χ2n) is 7.65. The van der Waals surface area contributed by atoms with E-state index in [1.807, 2.05) is 69.3 Å². The standard InChI is InChI=1S/C24H28N2O4/c1-4-18-12-8-9-16(2)23(18)25-21(27)15-30-24(29)20-13-22(28)26(14-20)17(3)19-10-6-5-7-11-19/h5-12,17,20H,4,13-15H2,1-3H3,(H,25,27)/t17-,20+/m0/s1. The number of rotatable bonds is 7. The summed E-state index contributed by atoms with van der Waals surface area (Å²) in [5.74, 6) is -1.53. The highest BCUT2D eigenvalue weighted by atomic mass is 16.5. The highest BCUT2D eigenvalue weighted by molar-refractivity contribution is 5.95. The van der Waals surface area contributed by atoms with E-state index in [4.69, 9.17) is 4.74 Å². The van der Waals surface area contributed by atoms with Crippen LogP contribution in [0.25, 0.3) is 0 Å². The highest BCUT2D eigenvalue weighted by Gasteiger charge is 2.38. The normalized spacial score (nSPS) is 17.0. The molecule has 0 spiro atoms. The third kappa shape index (κ3) is 4.87. The number of esters is 1. The average molecular weight is 408 g/mol. The van der Waals surface area contributed by atoms with Gasteiger partial charge in [-0.15, -0.1) is 0 Å². The molecule has 2 amide bonds. The first-order valence-electron chi connectivity index (χ1n) is 10.3. The number of carbonyl (C=O) groups is 3. The molecule has 0 unspecified atom stereocenters. The Kier molecular flexibility index (Phi) is 6.87. The Morgan fingerprint density at radius 3 is 2.60 bits per heavy atom. The van der Waals surface area contributed by atoms with Crippen LogP contribution in [0.15, 0.2) is 48.5 Å². The average Bonchev–Trinajstić information content (AvgIpc) is 3.15. The van der Waals surface area contributed by atoms with Gasteiger partial charge in [0.05, 0.1) is 12.0 Å². The van der Waals surface area contributed by atoms with Crippen LogP contribution >= 0.6 is 0 Å². The predicted octanol–water partition coefficient (Wildman–Crippen LogP) is 3.65. The molecule has 6 nitrogen and oxygen atoms in total. The van der Waals surface area contributed by atoms with E-state index in [1.54, 1.807) is 4.90 Å². The van der Waals surface area contributed by atoms with Crippen LogP contribution in [0, 0.1) is 12.8 Å². The number of para-hydroxylation sites is 1. The van der Waals surface area contributed by atoms with Crippen LogP contribution in [0.2, 0.25) is 0 Å². The molecule has 1 fully saturated rings. The van der Waals surface area contributed by atoms with E-state index < -0.39 is 11.9 Å². The Bertz CT molecular complexity index is 926. The summed E-state index contributed by atoms with van der Waals surface area (Å²) >= 11 is 0. The van der Waals surface area contributed by atoms with Crippen LogP contribution < -0.4 is 5.32 Å². The van der Waals surface area contributed by atoms with Gasteiger partial charge in [0.2, 0.25) is 5.91 Å². The minimum absolute atomic E-state index is 0.0785. The SMILES string of the molecule is CCc1cccc(C)c1NC(=O)COC(=O)[C@@H]1CC(=O)N([C@@H](C)c2ccccc2)C1. The Hall–Kier alpha value is -3.15. The Balaban J connectivity index is 1.54. The predicted molar refractivity (Wildman–Crippen MR) is 115 cm³/mol. The van der Waals surface area contributed by atoms with Gasteiger partial charge in [-0.2, -0.15) is 0 Å². The van der Waals surface area contributed by atoms with Crippen molar-refractivity contribution >= 4 is 23.5 Å². The summed E-state index contributed by atoms with van der Waals surface area (Å²) in [6.45, 7) is 5.82. The van der Waals surface area contributed by atoms with E-state index in [2.05, 4.69) is 5.32 Å². The largest absolute Gasteiger partial charge is 0.455 e. The van der Waals surface area contributed by atoms with Crippen molar-refractivity contribution in [1.29, 1.82) is 0 Å². The zero-order valence-electron chi connectivity index (χ0n) is 17.7. The number of anilines is 1. The van der Waals surface area contributed by atoms with E-state index in [1.165, 1.54) is 0 Å². The first-order valence-corrected chi connectivity index (χ1v) is 10.3. The second-order valence-corrected chi connectivity index (χ2v) is 7.65. The minimum atomic E-state index is -0.555. The fraction of sp³-hybridized carbons (Fsp3) is 0.375. The number of nitrogens with zero attached hydrogens (tertiary/aromatic N) is 1. The van der Waals surface area contributed by atoms with Gasteiger partial charge in [0.15, 0.2) is 6.61 Å². The minimum Gasteiger partial charge on any atom is -0.455 e. The van der Waals surface area contributed by atoms with Gasteiger partial charge in [0, 0.05) is 18.7 Å². The van der Waals surface area contributed by atoms with Crippen molar-refractivity contribution in [1.82, 2.24) is 4.90 Å². The highest BCUT2D eigenvalue weighted by Crippen LogP contribution is 2.29. The van der Waals surface area contributed by atoms with E-state index in [0.29, 0.717) is 6.54 Å². The van der Waals surface area contributed by atoms with Gasteiger partial charge in [-0.05, 0) is 37.0 Å². The van der Waals surface area contributed by atoms with Crippen molar-refractivity contribution in [2.45, 2.75) is 39.7 Å². The molecule has 1 aliphatic rings. The lowest BCUT2D eigenvalue weighted by molar-refractivity contribution is -0.151. The summed E-state index contributed by atoms with van der Waals surface area (Å²) in [7, 11) is 0. The number of hydrogen-bond donors (Lipinski definition) is 1. The third-order valence-corrected chi connectivity index (χ3v) is 5.59. The fourth-order valence-electron chi connectivity index (χ4n) is 3.81. The quantitative estimate of drug-likeness (QED) is 0.710. The Morgan fingerprint density at radius 2 is 1.90 bits per heavy atom. The molecule has 1 heterocycles. The lowest BCUT2D eigenvalue weighted by Crippen LogP contribution is -2.30. The molecule has 6 heteroatoms. The smallest absolute Gasteiger partial charge is 0.311 e. The van der Waals surface area contributed by atoms with Crippen LogP contribution in [0.1, 0.15) is 43.0 Å². The van der Waals surface area contributed by atoms with Crippen molar-refractivity contribution in [2.24, 2.45) is 5.92 Å². The topological polar surface area (TPSA) is 75.7 Å². The number of amides is 2. The van der Waals surface area contributed by atoms with Gasteiger partial charge in [0.25, 0.3) is 5.91 Å². The van der Waals surface area contributed by atoms with Crippen LogP contribution in [0.3, 0.4) is 0 Å². The maximum atomic E-state index is 12.5. The van der Waals surface area contributed by atoms with Gasteiger partial charge in [-0.1, -0.05) is 55.5 Å². The number of ether oxygens (including phenoxy) is 1. The summed E-state index contributed by atoms with van der Waals surface area (Å²) < 4.78 is 5.23. The monoisotopic (exact) mass is 408 g/mol. The number of benzene rings is 2. The number of nitrogens with one attached hydrogen (secondary N) is 1. The van der Waals surface area contributed by atoms with Gasteiger partial charge in [-0.25, -0.2) is 0 Å². The van der Waals surface area contributed by atoms with Crippen LogP contribution in [0.4, 0.5) is 5.69 Å². The number of likely N-dealkylation sites (tertiary alicyclic amines) is 1. The number of aryl methyl sites for hydroxylation is 2. The zero-order valence-corrected chi connectivity index (χ0v) is 17.7. The van der Waals surface area contributed by atoms with Crippen molar-refractivity contribution < 1.29 is 19.1 Å². The maximum absolute atomic E-state index is 12.5. The van der Waals surface area contributed by atoms with E-state index >= 15 is 0 Å². The van der Waals surface area contributed by atoms with E-state index in [-0.39, 0.29) is 30.9 Å². The van der Waals surface area contributed by atoms with Gasteiger partial charge < -0.3 is 15.0 Å². The molecule has 2 aromatic rings. The van der Waals surface area contributed by atoms with Crippen LogP contribution in [0.5, 0.6) is 0 Å². The maximum Gasteiger partial charge on any atom is 0.311 e. The molecule has 1 N–H and O–H groups in total. The third-order valence-electron chi connectivity index (χ3n) is 5.59. The summed E-state index contributed by atoms with van der Waals surface area (Å²) in [4.78, 5) is 38.9. The molecule has 30 heavy (non-hydrogen) atoms. The van der Waals surface area contributed by atoms with Gasteiger partial charge in [0.1, 0.15) is 0 Å². The fourth-order valence-corrected chi connectivity index (χ4v) is 3.81. The molecule has 0 bridgehead atoms. The number of hydrogen-bond acceptors (Lipinski definition) is 4. The molecule has 1 aliphatic heterocycles. The molecule has 0 aromatic heterocycles. The van der Waals surface area contributed by atoms with Crippen molar-refractivity contribution in [3.8, 4) is 0 Å². The van der Waals surface area contributed by atoms with Gasteiger partial charge >= 0.3 is 5.97 Å². The second kappa shape index (κ2) is 9.57. The van der Waals surface area contributed by atoms with Crippen molar-refractivity contribution in [3.63, 3.8) is 0 Å². The molecule has 0 radical (unpaired) electrons. The molecule has 2 aromatic carbocycles. The molecule has 0 saturated carbocycles. The molecular weight excluding hydrogens is 380 g/mol. The summed E-state index contributed by atoms with van der Waals surface area (Å²) in [6.07, 6.45) is 0.895. The van der Waals surface area contributed by atoms with E-state index in [0.717, 1.165) is 28.8 Å². The van der Waals surface area contributed by atoms with Crippen LogP contribution in [-0.2, 0) is 25.5 Å². The lowest BCUT2D eigenvalue weighted by atomic mass is 10.1. The lowest BCUT2D eigenvalue weighted by Gasteiger charge is -2.25. The van der Waals surface area contributed by atoms with Gasteiger partial charge in [-0.3, -0.25) is 14.4 Å². The molecule has 2 atom stereocenters.